The van der Waals surface area contributed by atoms with Gasteiger partial charge in [0.25, 0.3) is 11.6 Å². The number of ether oxygens (including phenoxy) is 1. The number of likely N-dealkylation sites (N-methyl/N-ethyl adjacent to an activating group) is 1. The number of hydrogen-bond acceptors (Lipinski definition) is 6. The lowest BCUT2D eigenvalue weighted by atomic mass is 9.98. The van der Waals surface area contributed by atoms with E-state index in [0.29, 0.717) is 12.0 Å². The Hall–Kier alpha value is -2.64. The third-order valence-corrected chi connectivity index (χ3v) is 4.03. The number of carbonyl (C=O) groups is 2. The Labute approximate surface area is 139 Å². The summed E-state index contributed by atoms with van der Waals surface area (Å²) in [4.78, 5) is 36.6. The first kappa shape index (κ1) is 17.7. The second kappa shape index (κ2) is 6.86. The van der Waals surface area contributed by atoms with Gasteiger partial charge in [-0.1, -0.05) is 13.8 Å². The maximum absolute atomic E-state index is 12.5. The minimum absolute atomic E-state index is 0.0556. The number of nitrogens with zero attached hydrogens (tertiary/aromatic N) is 2. The van der Waals surface area contributed by atoms with Gasteiger partial charge in [0.05, 0.1) is 4.92 Å². The summed E-state index contributed by atoms with van der Waals surface area (Å²) in [6.45, 7) is 3.91. The fourth-order valence-electron chi connectivity index (χ4n) is 2.76. The number of cyclic esters (lactones) is 1. The Morgan fingerprint density at radius 1 is 1.38 bits per heavy atom. The fourth-order valence-corrected chi connectivity index (χ4v) is 2.76. The number of morpholine rings is 1. The van der Waals surface area contributed by atoms with E-state index in [-0.39, 0.29) is 29.6 Å². The topological polar surface area (TPSA) is 116 Å². The Morgan fingerprint density at radius 3 is 2.62 bits per heavy atom. The van der Waals surface area contributed by atoms with Gasteiger partial charge < -0.3 is 15.4 Å². The van der Waals surface area contributed by atoms with Crippen LogP contribution in [0.1, 0.15) is 25.8 Å². The highest BCUT2D eigenvalue weighted by atomic mass is 16.6. The number of amides is 1. The zero-order valence-electron chi connectivity index (χ0n) is 13.9. The number of anilines is 1. The van der Waals surface area contributed by atoms with Crippen molar-refractivity contribution >= 4 is 23.3 Å². The number of esters is 1. The maximum atomic E-state index is 12.5. The van der Waals surface area contributed by atoms with Crippen LogP contribution in [0.3, 0.4) is 0 Å². The molecule has 0 bridgehead atoms. The predicted octanol–water partition coefficient (Wildman–Crippen LogP) is 1.52. The minimum Gasteiger partial charge on any atom is -0.450 e. The molecule has 1 saturated heterocycles. The summed E-state index contributed by atoms with van der Waals surface area (Å²) < 4.78 is 5.27. The van der Waals surface area contributed by atoms with Crippen molar-refractivity contribution in [1.29, 1.82) is 0 Å². The highest BCUT2D eigenvalue weighted by Crippen LogP contribution is 2.26. The summed E-state index contributed by atoms with van der Waals surface area (Å²) in [6.07, 6.45) is -0.608. The third-order valence-electron chi connectivity index (χ3n) is 4.03. The van der Waals surface area contributed by atoms with Crippen LogP contribution in [-0.4, -0.2) is 40.9 Å². The normalized spacial score (nSPS) is 21.1. The molecule has 1 fully saturated rings. The van der Waals surface area contributed by atoms with E-state index in [4.69, 9.17) is 10.5 Å². The monoisotopic (exact) mass is 335 g/mol. The number of nitro groups is 1. The van der Waals surface area contributed by atoms with Gasteiger partial charge in [-0.3, -0.25) is 14.9 Å². The van der Waals surface area contributed by atoms with Gasteiger partial charge in [-0.25, -0.2) is 4.79 Å². The summed E-state index contributed by atoms with van der Waals surface area (Å²) in [6, 6.07) is 3.61. The quantitative estimate of drug-likeness (QED) is 0.377. The molecular weight excluding hydrogens is 314 g/mol. The van der Waals surface area contributed by atoms with E-state index >= 15 is 0 Å². The van der Waals surface area contributed by atoms with E-state index < -0.39 is 23.0 Å². The number of carbonyl (C=O) groups excluding carboxylic acids is 2. The number of rotatable bonds is 5. The first-order chi connectivity index (χ1) is 11.2. The first-order valence-corrected chi connectivity index (χ1v) is 7.70. The molecule has 1 heterocycles. The zero-order chi connectivity index (χ0) is 18.0. The minimum atomic E-state index is -1.06. The van der Waals surface area contributed by atoms with Crippen molar-refractivity contribution < 1.29 is 19.2 Å². The van der Waals surface area contributed by atoms with Gasteiger partial charge in [0.2, 0.25) is 0 Å². The van der Waals surface area contributed by atoms with Crippen molar-refractivity contribution in [3.05, 3.63) is 33.9 Å². The summed E-state index contributed by atoms with van der Waals surface area (Å²) in [5.74, 6) is -0.604. The first-order valence-electron chi connectivity index (χ1n) is 7.70. The van der Waals surface area contributed by atoms with Crippen LogP contribution >= 0.6 is 0 Å². The van der Waals surface area contributed by atoms with Crippen LogP contribution < -0.4 is 5.73 Å². The van der Waals surface area contributed by atoms with Crippen LogP contribution in [0.2, 0.25) is 0 Å². The summed E-state index contributed by atoms with van der Waals surface area (Å²) in [5, 5.41) is 11.1. The molecule has 0 radical (unpaired) electrons. The number of nitrogen functional groups attached to an aromatic ring is 1. The standard InChI is InChI=1S/C16H21N3O5/c1-9(2)6-13-16(21)24-14(15(20)18(13)3)7-10-4-5-11(17)8-12(10)19(22)23/h4-5,8-9,13-14H,6-7,17H2,1-3H3. The van der Waals surface area contributed by atoms with Gasteiger partial charge in [0, 0.05) is 30.8 Å². The lowest BCUT2D eigenvalue weighted by molar-refractivity contribution is -0.385. The molecule has 0 spiro atoms. The molecule has 130 valence electrons. The molecule has 1 aliphatic rings. The van der Waals surface area contributed by atoms with Crippen LogP contribution in [0.4, 0.5) is 11.4 Å². The predicted molar refractivity (Wildman–Crippen MR) is 87.1 cm³/mol. The van der Waals surface area contributed by atoms with Crippen molar-refractivity contribution in [3.63, 3.8) is 0 Å². The summed E-state index contributed by atoms with van der Waals surface area (Å²) in [7, 11) is 1.56. The molecule has 0 aliphatic carbocycles. The highest BCUT2D eigenvalue weighted by molar-refractivity contribution is 5.92. The lowest BCUT2D eigenvalue weighted by Crippen LogP contribution is -2.55. The van der Waals surface area contributed by atoms with Crippen molar-refractivity contribution in [2.45, 2.75) is 38.8 Å². The SMILES string of the molecule is CC(C)CC1C(=O)OC(Cc2ccc(N)cc2[N+](=O)[O-])C(=O)N1C. The Morgan fingerprint density at radius 2 is 2.04 bits per heavy atom. The van der Waals surface area contributed by atoms with Gasteiger partial charge in [-0.05, 0) is 24.5 Å². The van der Waals surface area contributed by atoms with Crippen LogP contribution in [0.5, 0.6) is 0 Å². The molecule has 1 aliphatic heterocycles. The van der Waals surface area contributed by atoms with E-state index in [1.165, 1.54) is 23.1 Å². The molecule has 8 heteroatoms. The van der Waals surface area contributed by atoms with Crippen molar-refractivity contribution in [1.82, 2.24) is 4.90 Å². The van der Waals surface area contributed by atoms with E-state index in [2.05, 4.69) is 0 Å². The van der Waals surface area contributed by atoms with Gasteiger partial charge in [0.15, 0.2) is 6.10 Å². The van der Waals surface area contributed by atoms with Crippen molar-refractivity contribution in [2.75, 3.05) is 12.8 Å². The Balaban J connectivity index is 2.22. The van der Waals surface area contributed by atoms with Crippen LogP contribution in [0, 0.1) is 16.0 Å². The lowest BCUT2D eigenvalue weighted by Gasteiger charge is -2.36. The molecule has 2 unspecified atom stereocenters. The molecule has 0 saturated carbocycles. The second-order valence-corrected chi connectivity index (χ2v) is 6.37. The van der Waals surface area contributed by atoms with E-state index in [9.17, 15) is 19.7 Å². The van der Waals surface area contributed by atoms with E-state index in [1.54, 1.807) is 7.05 Å². The fraction of sp³-hybridized carbons (Fsp3) is 0.500. The molecule has 2 rings (SSSR count). The number of hydrogen-bond donors (Lipinski definition) is 1. The van der Waals surface area contributed by atoms with Crippen LogP contribution in [-0.2, 0) is 20.7 Å². The molecule has 1 amide bonds. The smallest absolute Gasteiger partial charge is 0.329 e. The van der Waals surface area contributed by atoms with Crippen LogP contribution in [0.15, 0.2) is 18.2 Å². The number of nitrogens with two attached hydrogens (primary N) is 1. The Kier molecular flexibility index (Phi) is 5.06. The Bertz CT molecular complexity index is 674. The van der Waals surface area contributed by atoms with Gasteiger partial charge in [0.1, 0.15) is 6.04 Å². The maximum Gasteiger partial charge on any atom is 0.329 e. The van der Waals surface area contributed by atoms with E-state index in [0.717, 1.165) is 0 Å². The van der Waals surface area contributed by atoms with Gasteiger partial charge in [-0.15, -0.1) is 0 Å². The number of nitro benzene ring substituents is 1. The van der Waals surface area contributed by atoms with Crippen molar-refractivity contribution in [2.24, 2.45) is 5.92 Å². The summed E-state index contributed by atoms with van der Waals surface area (Å²) >= 11 is 0. The summed E-state index contributed by atoms with van der Waals surface area (Å²) in [5.41, 5.74) is 5.94. The molecule has 2 N–H and O–H groups in total. The molecule has 2 atom stereocenters. The van der Waals surface area contributed by atoms with Crippen LogP contribution in [0.25, 0.3) is 0 Å². The molecular formula is C16H21N3O5. The molecule has 24 heavy (non-hydrogen) atoms. The molecule has 0 aromatic heterocycles. The molecule has 8 nitrogen and oxygen atoms in total. The van der Waals surface area contributed by atoms with E-state index in [1.807, 2.05) is 13.8 Å². The van der Waals surface area contributed by atoms with Gasteiger partial charge in [-0.2, -0.15) is 0 Å². The zero-order valence-corrected chi connectivity index (χ0v) is 13.9. The highest BCUT2D eigenvalue weighted by Gasteiger charge is 2.41. The molecule has 1 aromatic carbocycles. The largest absolute Gasteiger partial charge is 0.450 e. The third kappa shape index (κ3) is 3.64. The van der Waals surface area contributed by atoms with Crippen molar-refractivity contribution in [3.8, 4) is 0 Å². The average Bonchev–Trinajstić information content (AvgIpc) is 2.50. The second-order valence-electron chi connectivity index (χ2n) is 6.37. The van der Waals surface area contributed by atoms with Gasteiger partial charge >= 0.3 is 5.97 Å². The number of benzene rings is 1. The molecule has 1 aromatic rings. The average molecular weight is 335 g/mol.